The minimum absolute atomic E-state index is 0.455. The molecular weight excluding hydrogens is 226 g/mol. The van der Waals surface area contributed by atoms with Crippen LogP contribution >= 0.6 is 0 Å². The predicted molar refractivity (Wildman–Crippen MR) is 70.4 cm³/mol. The van der Waals surface area contributed by atoms with Crippen LogP contribution in [0.15, 0.2) is 42.7 Å². The van der Waals surface area contributed by atoms with Crippen molar-refractivity contribution in [2.75, 3.05) is 0 Å². The van der Waals surface area contributed by atoms with E-state index in [9.17, 15) is 5.11 Å². The zero-order valence-corrected chi connectivity index (χ0v) is 10.6. The van der Waals surface area contributed by atoms with Crippen molar-refractivity contribution in [3.05, 3.63) is 59.4 Å². The Kier molecular flexibility index (Phi) is 3.95. The number of benzene rings is 1. The fourth-order valence-corrected chi connectivity index (χ4v) is 1.77. The molecule has 1 atom stereocenters. The zero-order chi connectivity index (χ0) is 13.0. The molecule has 0 saturated carbocycles. The average Bonchev–Trinajstić information content (AvgIpc) is 2.38. The van der Waals surface area contributed by atoms with Crippen LogP contribution < -0.4 is 4.74 Å². The lowest BCUT2D eigenvalue weighted by Gasteiger charge is -2.14. The molecule has 2 aromatic rings. The summed E-state index contributed by atoms with van der Waals surface area (Å²) in [5.41, 5.74) is 2.94. The first-order chi connectivity index (χ1) is 8.66. The number of hydrogen-bond donors (Lipinski definition) is 1. The molecule has 1 heterocycles. The highest BCUT2D eigenvalue weighted by molar-refractivity contribution is 5.38. The number of hydrogen-bond acceptors (Lipinski definition) is 3. The third-order valence-electron chi connectivity index (χ3n) is 2.73. The molecule has 0 aliphatic rings. The number of aliphatic hydroxyl groups excluding tert-OH is 1. The van der Waals surface area contributed by atoms with E-state index >= 15 is 0 Å². The Morgan fingerprint density at radius 3 is 2.83 bits per heavy atom. The molecule has 1 aromatic carbocycles. The van der Waals surface area contributed by atoms with E-state index in [2.05, 4.69) is 4.98 Å². The Morgan fingerprint density at radius 1 is 1.33 bits per heavy atom. The smallest absolute Gasteiger partial charge is 0.125 e. The van der Waals surface area contributed by atoms with E-state index in [1.165, 1.54) is 0 Å². The van der Waals surface area contributed by atoms with Gasteiger partial charge in [-0.2, -0.15) is 0 Å². The highest BCUT2D eigenvalue weighted by atomic mass is 16.5. The molecule has 0 unspecified atom stereocenters. The topological polar surface area (TPSA) is 42.4 Å². The Morgan fingerprint density at radius 2 is 2.17 bits per heavy atom. The van der Waals surface area contributed by atoms with Gasteiger partial charge >= 0.3 is 0 Å². The second kappa shape index (κ2) is 5.65. The molecule has 0 spiro atoms. The van der Waals surface area contributed by atoms with Crippen molar-refractivity contribution in [3.8, 4) is 5.75 Å². The van der Waals surface area contributed by atoms with E-state index < -0.39 is 6.10 Å². The van der Waals surface area contributed by atoms with Crippen LogP contribution in [0.4, 0.5) is 0 Å². The van der Waals surface area contributed by atoms with Crippen LogP contribution in [0.25, 0.3) is 0 Å². The Labute approximate surface area is 107 Å². The van der Waals surface area contributed by atoms with Crippen LogP contribution in [0, 0.1) is 6.92 Å². The standard InChI is InChI=1S/C15H17NO2/c1-11-5-6-15(14(8-11)12(2)17)18-10-13-4-3-7-16-9-13/h3-9,12,17H,10H2,1-2H3/t12-/m1/s1. The summed E-state index contributed by atoms with van der Waals surface area (Å²) in [5, 5.41) is 9.73. The Balaban J connectivity index is 2.14. The number of aliphatic hydroxyl groups is 1. The van der Waals surface area contributed by atoms with Gasteiger partial charge in [0.15, 0.2) is 0 Å². The van der Waals surface area contributed by atoms with Gasteiger partial charge in [-0.1, -0.05) is 17.7 Å². The fraction of sp³-hybridized carbons (Fsp3) is 0.267. The minimum Gasteiger partial charge on any atom is -0.488 e. The summed E-state index contributed by atoms with van der Waals surface area (Å²) < 4.78 is 5.74. The number of nitrogens with zero attached hydrogens (tertiary/aromatic N) is 1. The number of aryl methyl sites for hydroxylation is 1. The maximum atomic E-state index is 9.73. The molecule has 18 heavy (non-hydrogen) atoms. The summed E-state index contributed by atoms with van der Waals surface area (Å²) in [4.78, 5) is 4.04. The summed E-state index contributed by atoms with van der Waals surface area (Å²) in [6, 6.07) is 9.66. The quantitative estimate of drug-likeness (QED) is 0.897. The van der Waals surface area contributed by atoms with Gasteiger partial charge in [0.1, 0.15) is 12.4 Å². The lowest BCUT2D eigenvalue weighted by Crippen LogP contribution is -2.01. The zero-order valence-electron chi connectivity index (χ0n) is 10.6. The van der Waals surface area contributed by atoms with Crippen LogP contribution in [0.2, 0.25) is 0 Å². The molecular formula is C15H17NO2. The van der Waals surface area contributed by atoms with Gasteiger partial charge in [-0.3, -0.25) is 4.98 Å². The maximum Gasteiger partial charge on any atom is 0.125 e. The van der Waals surface area contributed by atoms with Gasteiger partial charge in [0.05, 0.1) is 6.10 Å². The van der Waals surface area contributed by atoms with Gasteiger partial charge < -0.3 is 9.84 Å². The molecule has 0 aliphatic carbocycles. The van der Waals surface area contributed by atoms with Gasteiger partial charge in [0, 0.05) is 23.5 Å². The first kappa shape index (κ1) is 12.6. The second-order valence-corrected chi connectivity index (χ2v) is 4.37. The van der Waals surface area contributed by atoms with Crippen molar-refractivity contribution in [2.45, 2.75) is 26.6 Å². The predicted octanol–water partition coefficient (Wildman–Crippen LogP) is 3.02. The van der Waals surface area contributed by atoms with Gasteiger partial charge in [-0.15, -0.1) is 0 Å². The van der Waals surface area contributed by atoms with Crippen LogP contribution in [0.1, 0.15) is 29.7 Å². The van der Waals surface area contributed by atoms with Crippen LogP contribution in [0.3, 0.4) is 0 Å². The maximum absolute atomic E-state index is 9.73. The molecule has 3 heteroatoms. The molecule has 2 rings (SSSR count). The van der Waals surface area contributed by atoms with Crippen molar-refractivity contribution in [2.24, 2.45) is 0 Å². The highest BCUT2D eigenvalue weighted by Gasteiger charge is 2.09. The fourth-order valence-electron chi connectivity index (χ4n) is 1.77. The third kappa shape index (κ3) is 3.08. The van der Waals surface area contributed by atoms with Crippen LogP contribution in [0.5, 0.6) is 5.75 Å². The van der Waals surface area contributed by atoms with Gasteiger partial charge in [-0.05, 0) is 32.0 Å². The average molecular weight is 243 g/mol. The van der Waals surface area contributed by atoms with E-state index in [0.29, 0.717) is 6.61 Å². The minimum atomic E-state index is -0.534. The largest absolute Gasteiger partial charge is 0.488 e. The molecule has 3 nitrogen and oxygen atoms in total. The molecule has 0 radical (unpaired) electrons. The Hall–Kier alpha value is -1.87. The van der Waals surface area contributed by atoms with Gasteiger partial charge in [0.2, 0.25) is 0 Å². The normalized spacial score (nSPS) is 12.2. The molecule has 0 fully saturated rings. The second-order valence-electron chi connectivity index (χ2n) is 4.37. The van der Waals surface area contributed by atoms with Crippen LogP contribution in [-0.4, -0.2) is 10.1 Å². The molecule has 0 aliphatic heterocycles. The third-order valence-corrected chi connectivity index (χ3v) is 2.73. The molecule has 0 bridgehead atoms. The van der Waals surface area contributed by atoms with E-state index in [0.717, 1.165) is 22.4 Å². The summed E-state index contributed by atoms with van der Waals surface area (Å²) in [6.07, 6.45) is 2.97. The lowest BCUT2D eigenvalue weighted by molar-refractivity contribution is 0.190. The number of pyridine rings is 1. The van der Waals surface area contributed by atoms with Gasteiger partial charge in [-0.25, -0.2) is 0 Å². The monoisotopic (exact) mass is 243 g/mol. The number of ether oxygens (including phenoxy) is 1. The van der Waals surface area contributed by atoms with Crippen molar-refractivity contribution in [1.82, 2.24) is 4.98 Å². The number of aromatic nitrogens is 1. The molecule has 0 saturated heterocycles. The first-order valence-corrected chi connectivity index (χ1v) is 5.97. The first-order valence-electron chi connectivity index (χ1n) is 5.97. The SMILES string of the molecule is Cc1ccc(OCc2cccnc2)c([C@@H](C)O)c1. The molecule has 0 amide bonds. The molecule has 1 N–H and O–H groups in total. The van der Waals surface area contributed by atoms with Crippen molar-refractivity contribution >= 4 is 0 Å². The molecule has 1 aromatic heterocycles. The van der Waals surface area contributed by atoms with E-state index in [-0.39, 0.29) is 0 Å². The number of rotatable bonds is 4. The van der Waals surface area contributed by atoms with E-state index in [1.807, 2.05) is 37.3 Å². The summed E-state index contributed by atoms with van der Waals surface area (Å²) in [5.74, 6) is 0.722. The summed E-state index contributed by atoms with van der Waals surface area (Å²) in [6.45, 7) is 4.19. The summed E-state index contributed by atoms with van der Waals surface area (Å²) in [7, 11) is 0. The van der Waals surface area contributed by atoms with E-state index in [1.54, 1.807) is 19.3 Å². The lowest BCUT2D eigenvalue weighted by atomic mass is 10.1. The highest BCUT2D eigenvalue weighted by Crippen LogP contribution is 2.26. The van der Waals surface area contributed by atoms with Crippen LogP contribution in [-0.2, 0) is 6.61 Å². The van der Waals surface area contributed by atoms with Crippen molar-refractivity contribution in [3.63, 3.8) is 0 Å². The van der Waals surface area contributed by atoms with Crippen molar-refractivity contribution < 1.29 is 9.84 Å². The van der Waals surface area contributed by atoms with Gasteiger partial charge in [0.25, 0.3) is 0 Å². The summed E-state index contributed by atoms with van der Waals surface area (Å²) >= 11 is 0. The van der Waals surface area contributed by atoms with E-state index in [4.69, 9.17) is 4.74 Å². The Bertz CT molecular complexity index is 509. The molecule has 94 valence electrons. The van der Waals surface area contributed by atoms with Crippen molar-refractivity contribution in [1.29, 1.82) is 0 Å².